The third-order valence-corrected chi connectivity index (χ3v) is 3.30. The summed E-state index contributed by atoms with van der Waals surface area (Å²) in [5, 5.41) is 4.07. The molecular weight excluding hydrogens is 240 g/mol. The molecule has 1 fully saturated rings. The molecule has 1 aromatic carbocycles. The van der Waals surface area contributed by atoms with Crippen LogP contribution in [-0.4, -0.2) is 37.2 Å². The summed E-state index contributed by atoms with van der Waals surface area (Å²) < 4.78 is 0. The van der Waals surface area contributed by atoms with E-state index in [4.69, 9.17) is 4.84 Å². The first-order valence-electron chi connectivity index (χ1n) is 6.64. The average Bonchev–Trinajstić information content (AvgIpc) is 2.83. The van der Waals surface area contributed by atoms with Gasteiger partial charge in [-0.2, -0.15) is 0 Å². The molecule has 0 unspecified atom stereocenters. The topological polar surface area (TPSA) is 41.9 Å². The normalized spacial score (nSPS) is 21.0. The Morgan fingerprint density at radius 3 is 2.79 bits per heavy atom. The van der Waals surface area contributed by atoms with Gasteiger partial charge in [0, 0.05) is 12.5 Å². The molecule has 0 bridgehead atoms. The number of carbonyl (C=O) groups excluding carboxylic acids is 1. The van der Waals surface area contributed by atoms with Crippen molar-refractivity contribution >= 4 is 11.7 Å². The molecule has 0 saturated heterocycles. The van der Waals surface area contributed by atoms with Crippen LogP contribution < -0.4 is 0 Å². The Morgan fingerprint density at radius 2 is 2.11 bits per heavy atom. The number of rotatable bonds is 4. The van der Waals surface area contributed by atoms with E-state index in [0.717, 1.165) is 31.5 Å². The van der Waals surface area contributed by atoms with E-state index in [1.807, 2.05) is 32.3 Å². The first-order valence-corrected chi connectivity index (χ1v) is 6.64. The van der Waals surface area contributed by atoms with Gasteiger partial charge in [-0.1, -0.05) is 23.4 Å². The molecule has 0 radical (unpaired) electrons. The molecule has 0 aromatic heterocycles. The molecule has 4 heteroatoms. The molecular formula is C15H20N2O2. The van der Waals surface area contributed by atoms with Gasteiger partial charge < -0.3 is 9.74 Å². The lowest BCUT2D eigenvalue weighted by molar-refractivity contribution is 0.0513. The molecule has 4 nitrogen and oxygen atoms in total. The van der Waals surface area contributed by atoms with E-state index >= 15 is 0 Å². The van der Waals surface area contributed by atoms with Gasteiger partial charge in [-0.3, -0.25) is 0 Å². The first-order chi connectivity index (χ1) is 9.16. The van der Waals surface area contributed by atoms with Crippen LogP contribution in [0.3, 0.4) is 0 Å². The molecule has 0 aliphatic heterocycles. The summed E-state index contributed by atoms with van der Waals surface area (Å²) >= 11 is 0. The summed E-state index contributed by atoms with van der Waals surface area (Å²) in [6.07, 6.45) is 3.18. The van der Waals surface area contributed by atoms with E-state index in [9.17, 15) is 4.79 Å². The van der Waals surface area contributed by atoms with Crippen LogP contribution >= 0.6 is 0 Å². The second-order valence-corrected chi connectivity index (χ2v) is 5.18. The van der Waals surface area contributed by atoms with E-state index in [1.165, 1.54) is 0 Å². The Hall–Kier alpha value is -1.68. The smallest absolute Gasteiger partial charge is 0.313 e. The van der Waals surface area contributed by atoms with Crippen LogP contribution in [0, 0.1) is 5.92 Å². The van der Waals surface area contributed by atoms with E-state index in [-0.39, 0.29) is 5.97 Å². The van der Waals surface area contributed by atoms with E-state index in [1.54, 1.807) is 12.1 Å². The summed E-state index contributed by atoms with van der Waals surface area (Å²) in [5.74, 6) is 0.0298. The van der Waals surface area contributed by atoms with Gasteiger partial charge in [0.2, 0.25) is 0 Å². The Bertz CT molecular complexity index is 454. The van der Waals surface area contributed by atoms with Crippen LogP contribution in [0.25, 0.3) is 0 Å². The van der Waals surface area contributed by atoms with Crippen molar-refractivity contribution in [3.63, 3.8) is 0 Å². The third kappa shape index (κ3) is 3.89. The number of carbonyl (C=O) groups is 1. The largest absolute Gasteiger partial charge is 0.365 e. The van der Waals surface area contributed by atoms with Crippen LogP contribution in [0.2, 0.25) is 0 Å². The van der Waals surface area contributed by atoms with Gasteiger partial charge in [-0.25, -0.2) is 4.79 Å². The minimum absolute atomic E-state index is 0.386. The fraction of sp³-hybridized carbons (Fsp3) is 0.467. The summed E-state index contributed by atoms with van der Waals surface area (Å²) in [5.41, 5.74) is 1.55. The molecule has 1 aliphatic carbocycles. The Morgan fingerprint density at radius 1 is 1.37 bits per heavy atom. The molecule has 1 aliphatic rings. The molecule has 19 heavy (non-hydrogen) atoms. The van der Waals surface area contributed by atoms with Gasteiger partial charge in [-0.05, 0) is 45.5 Å². The molecule has 1 saturated carbocycles. The summed E-state index contributed by atoms with van der Waals surface area (Å²) in [7, 11) is 4.10. The van der Waals surface area contributed by atoms with Gasteiger partial charge in [0.1, 0.15) is 0 Å². The van der Waals surface area contributed by atoms with Crippen molar-refractivity contribution in [3.8, 4) is 0 Å². The molecule has 0 spiro atoms. The lowest BCUT2D eigenvalue weighted by Crippen LogP contribution is -2.24. The van der Waals surface area contributed by atoms with Crippen LogP contribution in [0.1, 0.15) is 29.6 Å². The van der Waals surface area contributed by atoms with Gasteiger partial charge in [-0.15, -0.1) is 0 Å². The van der Waals surface area contributed by atoms with Crippen molar-refractivity contribution in [1.82, 2.24) is 4.90 Å². The summed E-state index contributed by atoms with van der Waals surface area (Å²) in [6.45, 7) is 0.960. The van der Waals surface area contributed by atoms with Crippen molar-refractivity contribution in [1.29, 1.82) is 0 Å². The van der Waals surface area contributed by atoms with Gasteiger partial charge in [0.25, 0.3) is 0 Å². The summed E-state index contributed by atoms with van der Waals surface area (Å²) in [4.78, 5) is 19.0. The van der Waals surface area contributed by atoms with E-state index < -0.39 is 0 Å². The zero-order chi connectivity index (χ0) is 13.7. The molecule has 0 amide bonds. The van der Waals surface area contributed by atoms with Crippen molar-refractivity contribution in [2.24, 2.45) is 11.1 Å². The predicted octanol–water partition coefficient (Wildman–Crippen LogP) is 2.56. The monoisotopic (exact) mass is 260 g/mol. The van der Waals surface area contributed by atoms with Gasteiger partial charge in [0.05, 0.1) is 11.3 Å². The maximum absolute atomic E-state index is 11.8. The predicted molar refractivity (Wildman–Crippen MR) is 75.2 cm³/mol. The van der Waals surface area contributed by atoms with E-state index in [0.29, 0.717) is 11.5 Å². The fourth-order valence-electron chi connectivity index (χ4n) is 2.38. The van der Waals surface area contributed by atoms with E-state index in [2.05, 4.69) is 10.1 Å². The number of nitrogens with zero attached hydrogens (tertiary/aromatic N) is 2. The SMILES string of the molecule is CN(C)C[C@H]1CCC/C1=N/OC(=O)c1ccccc1. The second-order valence-electron chi connectivity index (χ2n) is 5.18. The van der Waals surface area contributed by atoms with Crippen molar-refractivity contribution in [3.05, 3.63) is 35.9 Å². The number of oxime groups is 1. The lowest BCUT2D eigenvalue weighted by Gasteiger charge is -2.15. The quantitative estimate of drug-likeness (QED) is 0.617. The fourth-order valence-corrected chi connectivity index (χ4v) is 2.38. The van der Waals surface area contributed by atoms with Crippen LogP contribution in [0.5, 0.6) is 0 Å². The zero-order valence-electron chi connectivity index (χ0n) is 11.5. The van der Waals surface area contributed by atoms with Crippen LogP contribution in [-0.2, 0) is 4.84 Å². The zero-order valence-corrected chi connectivity index (χ0v) is 11.5. The number of benzene rings is 1. The highest BCUT2D eigenvalue weighted by atomic mass is 16.7. The standard InChI is InChI=1S/C15H20N2O2/c1-17(2)11-13-9-6-10-14(13)16-19-15(18)12-7-4-3-5-8-12/h3-5,7-8,13H,6,9-11H2,1-2H3/b16-14-/t13-/m1/s1. The highest BCUT2D eigenvalue weighted by molar-refractivity contribution is 5.92. The highest BCUT2D eigenvalue weighted by Gasteiger charge is 2.24. The van der Waals surface area contributed by atoms with Gasteiger partial charge in [0.15, 0.2) is 0 Å². The second kappa shape index (κ2) is 6.48. The average molecular weight is 260 g/mol. The van der Waals surface area contributed by atoms with Crippen molar-refractivity contribution in [2.45, 2.75) is 19.3 Å². The maximum Gasteiger partial charge on any atom is 0.365 e. The maximum atomic E-state index is 11.8. The number of hydrogen-bond acceptors (Lipinski definition) is 4. The molecule has 1 aromatic rings. The molecule has 2 rings (SSSR count). The van der Waals surface area contributed by atoms with Gasteiger partial charge >= 0.3 is 5.97 Å². The molecule has 0 N–H and O–H groups in total. The highest BCUT2D eigenvalue weighted by Crippen LogP contribution is 2.23. The number of hydrogen-bond donors (Lipinski definition) is 0. The molecule has 1 atom stereocenters. The molecule has 102 valence electrons. The van der Waals surface area contributed by atoms with Crippen molar-refractivity contribution < 1.29 is 9.63 Å². The van der Waals surface area contributed by atoms with Crippen LogP contribution in [0.15, 0.2) is 35.5 Å². The first kappa shape index (κ1) is 13.7. The minimum Gasteiger partial charge on any atom is -0.313 e. The van der Waals surface area contributed by atoms with Crippen molar-refractivity contribution in [2.75, 3.05) is 20.6 Å². The summed E-state index contributed by atoms with van der Waals surface area (Å²) in [6, 6.07) is 8.96. The minimum atomic E-state index is -0.386. The lowest BCUT2D eigenvalue weighted by atomic mass is 10.1. The Kier molecular flexibility index (Phi) is 4.68. The third-order valence-electron chi connectivity index (χ3n) is 3.30. The Labute approximate surface area is 114 Å². The Balaban J connectivity index is 1.96. The van der Waals surface area contributed by atoms with Crippen LogP contribution in [0.4, 0.5) is 0 Å². The molecule has 0 heterocycles.